The van der Waals surface area contributed by atoms with Crippen LogP contribution in [0.1, 0.15) is 26.3 Å². The normalized spacial score (nSPS) is 22.3. The zero-order valence-electron chi connectivity index (χ0n) is 21.2. The highest BCUT2D eigenvalue weighted by Crippen LogP contribution is 2.34. The summed E-state index contributed by atoms with van der Waals surface area (Å²) in [6, 6.07) is 4.19. The molecule has 0 bridgehead atoms. The van der Waals surface area contributed by atoms with Crippen molar-refractivity contribution in [2.24, 2.45) is 0 Å². The zero-order valence-corrected chi connectivity index (χ0v) is 21.2. The fourth-order valence-corrected chi connectivity index (χ4v) is 3.46. The highest BCUT2D eigenvalue weighted by molar-refractivity contribution is 5.87. The minimum absolute atomic E-state index is 0.0107. The summed E-state index contributed by atoms with van der Waals surface area (Å²) >= 11 is 0. The van der Waals surface area contributed by atoms with Gasteiger partial charge in [-0.25, -0.2) is 9.59 Å². The van der Waals surface area contributed by atoms with Gasteiger partial charge in [-0.1, -0.05) is 18.7 Å². The van der Waals surface area contributed by atoms with Gasteiger partial charge in [-0.2, -0.15) is 0 Å². The number of carbonyl (C=O) groups excluding carboxylic acids is 5. The molecule has 1 aliphatic heterocycles. The number of carbonyl (C=O) groups is 5. The molecule has 14 heteroatoms. The fourth-order valence-electron chi connectivity index (χ4n) is 3.46. The second kappa shape index (κ2) is 13.9. The zero-order chi connectivity index (χ0) is 28.4. The molecule has 208 valence electrons. The molecule has 0 radical (unpaired) electrons. The molecule has 5 unspecified atom stereocenters. The number of hydrogen-bond donors (Lipinski definition) is 2. The Bertz CT molecular complexity index is 1060. The van der Waals surface area contributed by atoms with Crippen molar-refractivity contribution in [1.82, 2.24) is 0 Å². The second-order valence-electron chi connectivity index (χ2n) is 7.79. The summed E-state index contributed by atoms with van der Waals surface area (Å²) in [6.07, 6.45) is -7.54. The van der Waals surface area contributed by atoms with Crippen molar-refractivity contribution < 1.29 is 62.2 Å². The van der Waals surface area contributed by atoms with E-state index >= 15 is 0 Å². The average Bonchev–Trinajstić information content (AvgIpc) is 2.85. The van der Waals surface area contributed by atoms with Crippen molar-refractivity contribution in [3.8, 4) is 5.75 Å². The average molecular weight is 539 g/mol. The van der Waals surface area contributed by atoms with Crippen LogP contribution in [0.5, 0.6) is 5.75 Å². The highest BCUT2D eigenvalue weighted by atomic mass is 16.7. The first-order valence-corrected chi connectivity index (χ1v) is 11.2. The van der Waals surface area contributed by atoms with E-state index < -0.39 is 60.7 Å². The van der Waals surface area contributed by atoms with Gasteiger partial charge in [0.05, 0.1) is 19.4 Å². The summed E-state index contributed by atoms with van der Waals surface area (Å²) in [6.45, 7) is 6.14. The van der Waals surface area contributed by atoms with E-state index in [-0.39, 0.29) is 24.7 Å². The van der Waals surface area contributed by atoms with Gasteiger partial charge in [0.1, 0.15) is 12.4 Å². The minimum atomic E-state index is -1.67. The predicted octanol–water partition coefficient (Wildman–Crippen LogP) is 0.985. The molecule has 1 saturated heterocycles. The number of methoxy groups -OCH3 is 1. The molecule has 5 atom stereocenters. The number of aliphatic hydroxyl groups is 1. The maximum Gasteiger partial charge on any atom is 0.412 e. The standard InChI is InChI=1S/C24H29NO13/c1-6-9-33-24(31)25-16-10-15(11-26)7-8-17(16)37-23-21(36-14(4)29)19(35-13(3)28)18(34-12(2)27)20(38-23)22(30)32-5/h6-8,10,18-21,23,26H,1,9,11H2,2-5H3,(H,25,31). The van der Waals surface area contributed by atoms with E-state index in [4.69, 9.17) is 33.2 Å². The number of amides is 1. The van der Waals surface area contributed by atoms with Crippen LogP contribution in [0.2, 0.25) is 0 Å². The molecular weight excluding hydrogens is 510 g/mol. The molecule has 1 aliphatic rings. The lowest BCUT2D eigenvalue weighted by Gasteiger charge is -2.43. The molecular formula is C24H29NO13. The molecule has 1 aromatic carbocycles. The van der Waals surface area contributed by atoms with Crippen molar-refractivity contribution in [3.05, 3.63) is 36.4 Å². The lowest BCUT2D eigenvalue weighted by atomic mass is 9.97. The number of nitrogens with one attached hydrogen (secondary N) is 1. The minimum Gasteiger partial charge on any atom is -0.467 e. The van der Waals surface area contributed by atoms with E-state index in [1.807, 2.05) is 0 Å². The van der Waals surface area contributed by atoms with Gasteiger partial charge in [0.25, 0.3) is 0 Å². The Balaban J connectivity index is 2.55. The van der Waals surface area contributed by atoms with Crippen molar-refractivity contribution in [2.45, 2.75) is 58.1 Å². The second-order valence-corrected chi connectivity index (χ2v) is 7.79. The van der Waals surface area contributed by atoms with E-state index in [0.717, 1.165) is 27.9 Å². The maximum atomic E-state index is 12.6. The molecule has 0 aliphatic carbocycles. The van der Waals surface area contributed by atoms with Gasteiger partial charge in [-0.3, -0.25) is 19.7 Å². The summed E-state index contributed by atoms with van der Waals surface area (Å²) in [4.78, 5) is 60.4. The number of esters is 4. The maximum absolute atomic E-state index is 12.6. The number of rotatable bonds is 10. The van der Waals surface area contributed by atoms with Crippen LogP contribution in [0.3, 0.4) is 0 Å². The number of anilines is 1. The summed E-state index contributed by atoms with van der Waals surface area (Å²) < 4.78 is 37.1. The Morgan fingerprint density at radius 1 is 1.00 bits per heavy atom. The van der Waals surface area contributed by atoms with Crippen LogP contribution in [0, 0.1) is 0 Å². The summed E-state index contributed by atoms with van der Waals surface area (Å²) in [7, 11) is 1.05. The molecule has 38 heavy (non-hydrogen) atoms. The van der Waals surface area contributed by atoms with Gasteiger partial charge in [-0.15, -0.1) is 0 Å². The molecule has 2 N–H and O–H groups in total. The summed E-state index contributed by atoms with van der Waals surface area (Å²) in [5.41, 5.74) is 0.397. The van der Waals surface area contributed by atoms with Crippen LogP contribution < -0.4 is 10.1 Å². The SMILES string of the molecule is C=CCOC(=O)Nc1cc(CO)ccc1OC1OC(C(=O)OC)C(OC(C)=O)C(OC(C)=O)C1OC(C)=O. The lowest BCUT2D eigenvalue weighted by Crippen LogP contribution is -2.64. The molecule has 1 fully saturated rings. The third-order valence-corrected chi connectivity index (χ3v) is 4.87. The predicted molar refractivity (Wildman–Crippen MR) is 125 cm³/mol. The van der Waals surface area contributed by atoms with Crippen LogP contribution in [0.25, 0.3) is 0 Å². The first-order valence-electron chi connectivity index (χ1n) is 11.2. The van der Waals surface area contributed by atoms with Gasteiger partial charge in [0, 0.05) is 20.8 Å². The molecule has 1 aromatic rings. The van der Waals surface area contributed by atoms with E-state index in [0.29, 0.717) is 5.56 Å². The highest BCUT2D eigenvalue weighted by Gasteiger charge is 2.56. The van der Waals surface area contributed by atoms with Crippen LogP contribution in [0.15, 0.2) is 30.9 Å². The Hall–Kier alpha value is -4.17. The molecule has 0 aromatic heterocycles. The number of ether oxygens (including phenoxy) is 7. The van der Waals surface area contributed by atoms with E-state index in [9.17, 15) is 29.1 Å². The Morgan fingerprint density at radius 3 is 2.16 bits per heavy atom. The summed E-state index contributed by atoms with van der Waals surface area (Å²) in [5.74, 6) is -3.63. The topological polar surface area (TPSA) is 182 Å². The lowest BCUT2D eigenvalue weighted by molar-refractivity contribution is -0.282. The van der Waals surface area contributed by atoms with Crippen LogP contribution in [-0.2, 0) is 54.2 Å². The number of hydrogen-bond acceptors (Lipinski definition) is 13. The van der Waals surface area contributed by atoms with Crippen LogP contribution in [0.4, 0.5) is 10.5 Å². The first-order chi connectivity index (χ1) is 18.0. The van der Waals surface area contributed by atoms with E-state index in [1.54, 1.807) is 0 Å². The third-order valence-electron chi connectivity index (χ3n) is 4.87. The van der Waals surface area contributed by atoms with E-state index in [1.165, 1.54) is 24.3 Å². The molecule has 1 amide bonds. The number of benzene rings is 1. The van der Waals surface area contributed by atoms with Crippen molar-refractivity contribution in [2.75, 3.05) is 19.0 Å². The van der Waals surface area contributed by atoms with Gasteiger partial charge in [0.15, 0.2) is 18.3 Å². The van der Waals surface area contributed by atoms with Gasteiger partial charge < -0.3 is 38.3 Å². The molecule has 2 rings (SSSR count). The molecule has 1 heterocycles. The van der Waals surface area contributed by atoms with Gasteiger partial charge in [0.2, 0.25) is 12.4 Å². The van der Waals surface area contributed by atoms with Crippen molar-refractivity contribution >= 4 is 35.7 Å². The Kier molecular flexibility index (Phi) is 11.0. The Morgan fingerprint density at radius 2 is 1.61 bits per heavy atom. The smallest absolute Gasteiger partial charge is 0.412 e. The summed E-state index contributed by atoms with van der Waals surface area (Å²) in [5, 5.41) is 11.9. The quantitative estimate of drug-likeness (QED) is 0.244. The largest absolute Gasteiger partial charge is 0.467 e. The number of aliphatic hydroxyl groups excluding tert-OH is 1. The Labute approximate surface area is 217 Å². The van der Waals surface area contributed by atoms with Crippen LogP contribution >= 0.6 is 0 Å². The van der Waals surface area contributed by atoms with Crippen LogP contribution in [-0.4, -0.2) is 79.5 Å². The third kappa shape index (κ3) is 8.18. The van der Waals surface area contributed by atoms with E-state index in [2.05, 4.69) is 11.9 Å². The van der Waals surface area contributed by atoms with Gasteiger partial charge >= 0.3 is 30.0 Å². The first kappa shape index (κ1) is 30.1. The van der Waals surface area contributed by atoms with Gasteiger partial charge in [-0.05, 0) is 17.7 Å². The van der Waals surface area contributed by atoms with Crippen molar-refractivity contribution in [3.63, 3.8) is 0 Å². The molecule has 0 spiro atoms. The fraction of sp³-hybridized carbons (Fsp3) is 0.458. The molecule has 0 saturated carbocycles. The monoisotopic (exact) mass is 539 g/mol. The van der Waals surface area contributed by atoms with Crippen molar-refractivity contribution in [1.29, 1.82) is 0 Å². The molecule has 14 nitrogen and oxygen atoms in total.